The summed E-state index contributed by atoms with van der Waals surface area (Å²) in [5.41, 5.74) is 6.97. The van der Waals surface area contributed by atoms with Gasteiger partial charge in [-0.3, -0.25) is 19.0 Å². The molecule has 1 saturated heterocycles. The van der Waals surface area contributed by atoms with Gasteiger partial charge >= 0.3 is 0 Å². The Morgan fingerprint density at radius 3 is 2.59 bits per heavy atom. The summed E-state index contributed by atoms with van der Waals surface area (Å²) < 4.78 is 8.51. The Labute approximate surface area is 189 Å². The summed E-state index contributed by atoms with van der Waals surface area (Å²) in [4.78, 5) is 30.2. The number of aromatic amines is 1. The summed E-state index contributed by atoms with van der Waals surface area (Å²) in [6.45, 7) is 1.93. The van der Waals surface area contributed by atoms with E-state index in [-0.39, 0.29) is 17.3 Å². The van der Waals surface area contributed by atoms with Gasteiger partial charge in [-0.15, -0.1) is 0 Å². The molecule has 4 rings (SSSR count). The van der Waals surface area contributed by atoms with Crippen molar-refractivity contribution in [1.82, 2.24) is 9.27 Å². The molecule has 1 aliphatic rings. The summed E-state index contributed by atoms with van der Waals surface area (Å²) in [5.74, 6) is 1.86. The number of carbonyl (C=O) groups is 1. The van der Waals surface area contributed by atoms with Crippen LogP contribution in [-0.2, 0) is 4.79 Å². The van der Waals surface area contributed by atoms with Crippen LogP contribution in [0.5, 0.6) is 11.5 Å². The predicted molar refractivity (Wildman–Crippen MR) is 127 cm³/mol. The van der Waals surface area contributed by atoms with E-state index in [1.165, 1.54) is 11.5 Å². The van der Waals surface area contributed by atoms with E-state index in [4.69, 9.17) is 10.5 Å². The molecule has 0 aliphatic carbocycles. The second kappa shape index (κ2) is 10.1. The van der Waals surface area contributed by atoms with Crippen molar-refractivity contribution in [2.24, 2.45) is 10.7 Å². The van der Waals surface area contributed by atoms with Crippen molar-refractivity contribution in [1.29, 1.82) is 0 Å². The number of likely N-dealkylation sites (tertiary alicyclic amines) is 1. The Morgan fingerprint density at radius 1 is 1.12 bits per heavy atom. The van der Waals surface area contributed by atoms with Gasteiger partial charge in [-0.25, -0.2) is 0 Å². The molecule has 32 heavy (non-hydrogen) atoms. The fourth-order valence-corrected chi connectivity index (χ4v) is 4.23. The van der Waals surface area contributed by atoms with Crippen LogP contribution in [0.3, 0.4) is 0 Å². The normalized spacial score (nSPS) is 14.1. The first kappa shape index (κ1) is 21.6. The standard InChI is InChI=1S/C23H25N5O3S/c24-21(25-13-5-15-28-14-4-8-19(28)29)20-22(30)27-32-23(20)26-16-9-11-18(12-10-16)31-17-6-2-1-3-7-17/h1-3,6-7,9-12,26H,4-5,8,13-15H2,(H2,24,25)(H,27,30). The van der Waals surface area contributed by atoms with Gasteiger partial charge in [-0.2, -0.15) is 0 Å². The van der Waals surface area contributed by atoms with E-state index in [1.807, 2.05) is 59.5 Å². The van der Waals surface area contributed by atoms with Gasteiger partial charge in [-0.1, -0.05) is 18.2 Å². The molecule has 166 valence electrons. The molecule has 1 aromatic heterocycles. The van der Waals surface area contributed by atoms with Crippen LogP contribution < -0.4 is 21.3 Å². The van der Waals surface area contributed by atoms with E-state index in [2.05, 4.69) is 14.7 Å². The van der Waals surface area contributed by atoms with E-state index in [1.54, 1.807) is 0 Å². The van der Waals surface area contributed by atoms with E-state index in [0.29, 0.717) is 42.2 Å². The molecule has 0 saturated carbocycles. The van der Waals surface area contributed by atoms with Crippen molar-refractivity contribution in [3.05, 3.63) is 70.5 Å². The topological polar surface area (TPSA) is 113 Å². The maximum atomic E-state index is 12.3. The summed E-state index contributed by atoms with van der Waals surface area (Å²) in [5, 5.41) is 3.82. The fraction of sp³-hybridized carbons (Fsp3) is 0.261. The first-order chi connectivity index (χ1) is 15.6. The number of ether oxygens (including phenoxy) is 1. The Balaban J connectivity index is 1.37. The number of anilines is 2. The van der Waals surface area contributed by atoms with Crippen LogP contribution in [0.1, 0.15) is 24.8 Å². The van der Waals surface area contributed by atoms with E-state index < -0.39 is 0 Å². The first-order valence-electron chi connectivity index (χ1n) is 10.5. The molecule has 1 amide bonds. The van der Waals surface area contributed by atoms with Crippen LogP contribution in [-0.4, -0.2) is 40.7 Å². The Kier molecular flexibility index (Phi) is 6.86. The third kappa shape index (κ3) is 5.36. The highest BCUT2D eigenvalue weighted by molar-refractivity contribution is 7.10. The third-order valence-electron chi connectivity index (χ3n) is 5.09. The van der Waals surface area contributed by atoms with E-state index in [0.717, 1.165) is 24.4 Å². The zero-order valence-electron chi connectivity index (χ0n) is 17.5. The average molecular weight is 452 g/mol. The molecule has 1 aliphatic heterocycles. The van der Waals surface area contributed by atoms with Gasteiger partial charge in [0.1, 0.15) is 27.9 Å². The van der Waals surface area contributed by atoms with Crippen LogP contribution in [0, 0.1) is 0 Å². The number of aromatic nitrogens is 1. The number of benzene rings is 2. The van der Waals surface area contributed by atoms with Gasteiger partial charge in [-0.05, 0) is 60.8 Å². The zero-order valence-corrected chi connectivity index (χ0v) is 18.4. The Bertz CT molecular complexity index is 1140. The molecule has 0 bridgehead atoms. The van der Waals surface area contributed by atoms with Gasteiger partial charge in [0.05, 0.1) is 0 Å². The number of aliphatic imine (C=N–C) groups is 1. The summed E-state index contributed by atoms with van der Waals surface area (Å²) in [7, 11) is 0. The second-order valence-electron chi connectivity index (χ2n) is 7.41. The van der Waals surface area contributed by atoms with Crippen molar-refractivity contribution < 1.29 is 9.53 Å². The first-order valence-corrected chi connectivity index (χ1v) is 11.3. The van der Waals surface area contributed by atoms with Crippen LogP contribution in [0.2, 0.25) is 0 Å². The molecule has 4 N–H and O–H groups in total. The second-order valence-corrected chi connectivity index (χ2v) is 8.22. The predicted octanol–water partition coefficient (Wildman–Crippen LogP) is 3.69. The minimum Gasteiger partial charge on any atom is -0.457 e. The number of nitrogens with two attached hydrogens (primary N) is 1. The van der Waals surface area contributed by atoms with Crippen molar-refractivity contribution in [2.45, 2.75) is 19.3 Å². The summed E-state index contributed by atoms with van der Waals surface area (Å²) >= 11 is 1.17. The molecule has 2 heterocycles. The number of para-hydroxylation sites is 1. The van der Waals surface area contributed by atoms with Crippen molar-refractivity contribution in [3.8, 4) is 11.5 Å². The van der Waals surface area contributed by atoms with E-state index >= 15 is 0 Å². The van der Waals surface area contributed by atoms with Gasteiger partial charge in [0.2, 0.25) is 5.91 Å². The number of rotatable bonds is 9. The average Bonchev–Trinajstić information content (AvgIpc) is 3.38. The molecule has 0 atom stereocenters. The molecular formula is C23H25N5O3S. The maximum Gasteiger partial charge on any atom is 0.271 e. The highest BCUT2D eigenvalue weighted by atomic mass is 32.1. The summed E-state index contributed by atoms with van der Waals surface area (Å²) in [6, 6.07) is 17.0. The third-order valence-corrected chi connectivity index (χ3v) is 5.88. The van der Waals surface area contributed by atoms with Crippen molar-refractivity contribution in [3.63, 3.8) is 0 Å². The number of hydrogen-bond acceptors (Lipinski definition) is 6. The SMILES string of the molecule is NC(=NCCCN1CCCC1=O)c1c(Nc2ccc(Oc3ccccc3)cc2)s[nH]c1=O. The summed E-state index contributed by atoms with van der Waals surface area (Å²) in [6.07, 6.45) is 2.26. The highest BCUT2D eigenvalue weighted by Crippen LogP contribution is 2.26. The molecule has 2 aromatic carbocycles. The Hall–Kier alpha value is -3.59. The van der Waals surface area contributed by atoms with Gasteiger partial charge in [0.25, 0.3) is 5.56 Å². The minimum atomic E-state index is -0.280. The van der Waals surface area contributed by atoms with Crippen LogP contribution >= 0.6 is 11.5 Å². The van der Waals surface area contributed by atoms with E-state index in [9.17, 15) is 9.59 Å². The fourth-order valence-electron chi connectivity index (χ4n) is 3.47. The monoisotopic (exact) mass is 451 g/mol. The maximum absolute atomic E-state index is 12.3. The lowest BCUT2D eigenvalue weighted by molar-refractivity contribution is -0.127. The molecule has 1 fully saturated rings. The molecule has 0 spiro atoms. The number of amidine groups is 1. The number of nitrogens with one attached hydrogen (secondary N) is 2. The Morgan fingerprint density at radius 2 is 1.88 bits per heavy atom. The number of nitrogens with zero attached hydrogens (tertiary/aromatic N) is 2. The smallest absolute Gasteiger partial charge is 0.271 e. The lowest BCUT2D eigenvalue weighted by Crippen LogP contribution is -2.26. The van der Waals surface area contributed by atoms with Gasteiger partial charge in [0.15, 0.2) is 0 Å². The molecular weight excluding hydrogens is 426 g/mol. The van der Waals surface area contributed by atoms with Gasteiger partial charge in [0, 0.05) is 31.7 Å². The highest BCUT2D eigenvalue weighted by Gasteiger charge is 2.19. The van der Waals surface area contributed by atoms with Crippen LogP contribution in [0.15, 0.2) is 64.4 Å². The molecule has 9 heteroatoms. The molecule has 3 aromatic rings. The zero-order chi connectivity index (χ0) is 22.3. The van der Waals surface area contributed by atoms with Crippen LogP contribution in [0.4, 0.5) is 10.7 Å². The molecule has 0 radical (unpaired) electrons. The minimum absolute atomic E-state index is 0.187. The number of carbonyl (C=O) groups excluding carboxylic acids is 1. The lowest BCUT2D eigenvalue weighted by Gasteiger charge is -2.14. The molecule has 8 nitrogen and oxygen atoms in total. The molecule has 0 unspecified atom stereocenters. The van der Waals surface area contributed by atoms with Crippen molar-refractivity contribution in [2.75, 3.05) is 25.0 Å². The quantitative estimate of drug-likeness (QED) is 0.261. The lowest BCUT2D eigenvalue weighted by atomic mass is 10.2. The van der Waals surface area contributed by atoms with Crippen molar-refractivity contribution >= 4 is 34.0 Å². The number of H-pyrrole nitrogens is 1. The number of amides is 1. The largest absolute Gasteiger partial charge is 0.457 e. The number of hydrogen-bond donors (Lipinski definition) is 3. The van der Waals surface area contributed by atoms with Gasteiger partial charge < -0.3 is 20.7 Å². The van der Waals surface area contributed by atoms with Crippen LogP contribution in [0.25, 0.3) is 0 Å².